The Morgan fingerprint density at radius 3 is 2.37 bits per heavy atom. The lowest BCUT2D eigenvalue weighted by Crippen LogP contribution is -2.49. The summed E-state index contributed by atoms with van der Waals surface area (Å²) in [5.41, 5.74) is 9.34. The molecule has 0 amide bonds. The molecule has 41 heavy (non-hydrogen) atoms. The molecule has 1 aliphatic heterocycles. The summed E-state index contributed by atoms with van der Waals surface area (Å²) in [5, 5.41) is 0.799. The molecule has 2 aliphatic rings. The Labute approximate surface area is 241 Å². The van der Waals surface area contributed by atoms with Crippen molar-refractivity contribution in [3.8, 4) is 16.9 Å². The number of aromatic nitrogens is 3. The number of anilines is 2. The monoisotopic (exact) mass is 575 g/mol. The summed E-state index contributed by atoms with van der Waals surface area (Å²) in [6.45, 7) is 4.56. The molecule has 2 aromatic carbocycles. The van der Waals surface area contributed by atoms with E-state index in [0.29, 0.717) is 29.3 Å². The van der Waals surface area contributed by atoms with Crippen LogP contribution in [0.15, 0.2) is 66.0 Å². The van der Waals surface area contributed by atoms with Crippen molar-refractivity contribution in [2.75, 3.05) is 50.8 Å². The molecule has 3 N–H and O–H groups in total. The quantitative estimate of drug-likeness (QED) is 0.336. The molecule has 11 heteroatoms. The van der Waals surface area contributed by atoms with Crippen LogP contribution >= 0.6 is 0 Å². The molecule has 4 aromatic rings. The van der Waals surface area contributed by atoms with Gasteiger partial charge in [-0.15, -0.1) is 0 Å². The Morgan fingerprint density at radius 2 is 1.66 bits per heavy atom. The zero-order valence-corrected chi connectivity index (χ0v) is 24.3. The number of hydrogen-bond donors (Lipinski definition) is 2. The fourth-order valence-corrected chi connectivity index (χ4v) is 7.33. The predicted molar refractivity (Wildman–Crippen MR) is 162 cm³/mol. The normalized spacial score (nSPS) is 20.7. The number of fused-ring (bicyclic) bond motifs is 1. The number of nitrogens with one attached hydrogen (secondary N) is 1. The molecule has 0 bridgehead atoms. The number of rotatable bonds is 7. The molecule has 2 fully saturated rings. The van der Waals surface area contributed by atoms with Crippen molar-refractivity contribution in [3.05, 3.63) is 61.1 Å². The zero-order valence-electron chi connectivity index (χ0n) is 23.5. The van der Waals surface area contributed by atoms with E-state index in [1.165, 1.54) is 13.4 Å². The molecule has 10 nitrogen and oxygen atoms in total. The summed E-state index contributed by atoms with van der Waals surface area (Å²) >= 11 is 0. The molecule has 6 rings (SSSR count). The number of nitrogens with zero attached hydrogens (tertiary/aromatic N) is 5. The SMILES string of the molecule is COc1cc(-c2cn(C3CCC(N4CCN(C)CC4)CC3)c3ncnc(N)c23)ccc1NS(=O)(=O)c1ccccc1. The second kappa shape index (κ2) is 11.3. The number of sulfonamides is 1. The number of piperazine rings is 1. The van der Waals surface area contributed by atoms with Gasteiger partial charge in [-0.1, -0.05) is 24.3 Å². The number of likely N-dealkylation sites (N-methyl/N-ethyl adjacent to an activating group) is 1. The van der Waals surface area contributed by atoms with Gasteiger partial charge in [0.25, 0.3) is 10.0 Å². The largest absolute Gasteiger partial charge is 0.495 e. The van der Waals surface area contributed by atoms with Crippen molar-refractivity contribution in [2.45, 2.75) is 42.7 Å². The maximum absolute atomic E-state index is 13.0. The molecular formula is C30H37N7O3S. The molecule has 1 saturated carbocycles. The maximum atomic E-state index is 13.0. The Kier molecular flexibility index (Phi) is 7.58. The van der Waals surface area contributed by atoms with Crippen LogP contribution in [0.1, 0.15) is 31.7 Å². The highest BCUT2D eigenvalue weighted by atomic mass is 32.2. The van der Waals surface area contributed by atoms with E-state index in [1.54, 1.807) is 36.4 Å². The third kappa shape index (κ3) is 5.49. The third-order valence-electron chi connectivity index (χ3n) is 8.56. The molecule has 0 radical (unpaired) electrons. The second-order valence-electron chi connectivity index (χ2n) is 11.0. The van der Waals surface area contributed by atoms with Crippen molar-refractivity contribution in [1.29, 1.82) is 0 Å². The van der Waals surface area contributed by atoms with Crippen LogP contribution in [0.4, 0.5) is 11.5 Å². The van der Waals surface area contributed by atoms with E-state index in [-0.39, 0.29) is 4.90 Å². The summed E-state index contributed by atoms with van der Waals surface area (Å²) in [7, 11) is -0.0467. The Bertz CT molecular complexity index is 1620. The summed E-state index contributed by atoms with van der Waals surface area (Å²) in [4.78, 5) is 14.2. The number of nitrogens with two attached hydrogens (primary N) is 1. The van der Waals surface area contributed by atoms with Crippen LogP contribution in [0.5, 0.6) is 5.75 Å². The van der Waals surface area contributed by atoms with Gasteiger partial charge in [0, 0.05) is 50.0 Å². The van der Waals surface area contributed by atoms with Crippen LogP contribution in [-0.4, -0.2) is 79.1 Å². The third-order valence-corrected chi connectivity index (χ3v) is 9.94. The molecule has 1 aliphatic carbocycles. The second-order valence-corrected chi connectivity index (χ2v) is 12.7. The predicted octanol–water partition coefficient (Wildman–Crippen LogP) is 4.22. The first-order valence-electron chi connectivity index (χ1n) is 14.1. The van der Waals surface area contributed by atoms with E-state index in [4.69, 9.17) is 10.5 Å². The Morgan fingerprint density at radius 1 is 0.951 bits per heavy atom. The van der Waals surface area contributed by atoms with Crippen molar-refractivity contribution in [2.24, 2.45) is 0 Å². The highest BCUT2D eigenvalue weighted by molar-refractivity contribution is 7.92. The van der Waals surface area contributed by atoms with Crippen LogP contribution in [0.3, 0.4) is 0 Å². The summed E-state index contributed by atoms with van der Waals surface area (Å²) in [5.74, 6) is 0.828. The zero-order chi connectivity index (χ0) is 28.6. The minimum Gasteiger partial charge on any atom is -0.495 e. The molecule has 1 saturated heterocycles. The maximum Gasteiger partial charge on any atom is 0.262 e. The van der Waals surface area contributed by atoms with Gasteiger partial charge in [-0.3, -0.25) is 9.62 Å². The minimum absolute atomic E-state index is 0.182. The van der Waals surface area contributed by atoms with Gasteiger partial charge in [-0.25, -0.2) is 18.4 Å². The Balaban J connectivity index is 1.28. The summed E-state index contributed by atoms with van der Waals surface area (Å²) < 4.78 is 36.5. The summed E-state index contributed by atoms with van der Waals surface area (Å²) in [6.07, 6.45) is 8.12. The molecule has 216 valence electrons. The molecule has 2 aromatic heterocycles. The average molecular weight is 576 g/mol. The first-order valence-corrected chi connectivity index (χ1v) is 15.6. The van der Waals surface area contributed by atoms with Gasteiger partial charge in [0.05, 0.1) is 23.1 Å². The van der Waals surface area contributed by atoms with E-state index in [2.05, 4.69) is 42.3 Å². The Hall–Kier alpha value is -3.67. The van der Waals surface area contributed by atoms with Crippen molar-refractivity contribution in [1.82, 2.24) is 24.3 Å². The van der Waals surface area contributed by atoms with Crippen LogP contribution in [0.25, 0.3) is 22.2 Å². The van der Waals surface area contributed by atoms with Gasteiger partial charge in [0.15, 0.2) is 0 Å². The van der Waals surface area contributed by atoms with E-state index in [9.17, 15) is 8.42 Å². The van der Waals surface area contributed by atoms with E-state index >= 15 is 0 Å². The van der Waals surface area contributed by atoms with E-state index in [0.717, 1.165) is 74.0 Å². The van der Waals surface area contributed by atoms with Crippen LogP contribution < -0.4 is 15.2 Å². The van der Waals surface area contributed by atoms with Gasteiger partial charge in [0.2, 0.25) is 0 Å². The average Bonchev–Trinajstić information content (AvgIpc) is 3.39. The molecule has 0 atom stereocenters. The minimum atomic E-state index is -3.77. The topological polar surface area (TPSA) is 119 Å². The first kappa shape index (κ1) is 27.5. The van der Waals surface area contributed by atoms with Gasteiger partial charge in [-0.2, -0.15) is 0 Å². The lowest BCUT2D eigenvalue weighted by molar-refractivity contribution is 0.0828. The van der Waals surface area contributed by atoms with Crippen molar-refractivity contribution >= 4 is 32.6 Å². The highest BCUT2D eigenvalue weighted by Crippen LogP contribution is 2.41. The van der Waals surface area contributed by atoms with Crippen molar-refractivity contribution < 1.29 is 13.2 Å². The van der Waals surface area contributed by atoms with Crippen LogP contribution in [0.2, 0.25) is 0 Å². The number of nitrogen functional groups attached to an aromatic ring is 1. The van der Waals surface area contributed by atoms with E-state index < -0.39 is 10.0 Å². The fourth-order valence-electron chi connectivity index (χ4n) is 6.24. The van der Waals surface area contributed by atoms with Crippen LogP contribution in [-0.2, 0) is 10.0 Å². The number of benzene rings is 2. The molecule has 0 spiro atoms. The van der Waals surface area contributed by atoms with Gasteiger partial charge in [0.1, 0.15) is 23.5 Å². The highest BCUT2D eigenvalue weighted by Gasteiger charge is 2.30. The molecular weight excluding hydrogens is 538 g/mol. The van der Waals surface area contributed by atoms with Crippen LogP contribution in [0, 0.1) is 0 Å². The smallest absolute Gasteiger partial charge is 0.262 e. The number of methoxy groups -OCH3 is 1. The molecule has 0 unspecified atom stereocenters. The fraction of sp³-hybridized carbons (Fsp3) is 0.400. The van der Waals surface area contributed by atoms with Gasteiger partial charge < -0.3 is 19.9 Å². The lowest BCUT2D eigenvalue weighted by Gasteiger charge is -2.41. The first-order chi connectivity index (χ1) is 19.8. The standard InChI is InChI=1S/C30H37N7O3S/c1-35-14-16-36(17-15-35)22-9-11-23(12-10-22)37-19-25(28-29(31)32-20-33-30(28)37)21-8-13-26(27(18-21)40-2)34-41(38,39)24-6-4-3-5-7-24/h3-8,13,18-20,22-23,34H,9-12,14-17H2,1-2H3,(H2,31,32,33). The number of hydrogen-bond acceptors (Lipinski definition) is 8. The molecule has 3 heterocycles. The lowest BCUT2D eigenvalue weighted by atomic mass is 9.89. The van der Waals surface area contributed by atoms with Crippen molar-refractivity contribution in [3.63, 3.8) is 0 Å². The van der Waals surface area contributed by atoms with E-state index in [1.807, 2.05) is 12.1 Å². The van der Waals surface area contributed by atoms with Gasteiger partial charge >= 0.3 is 0 Å². The summed E-state index contributed by atoms with van der Waals surface area (Å²) in [6, 6.07) is 14.7. The number of ether oxygens (including phenoxy) is 1. The van der Waals surface area contributed by atoms with Gasteiger partial charge in [-0.05, 0) is 62.6 Å².